The van der Waals surface area contributed by atoms with Crippen molar-refractivity contribution in [1.29, 1.82) is 0 Å². The first kappa shape index (κ1) is 21.2. The molecule has 2 fully saturated rings. The minimum Gasteiger partial charge on any atom is -0.383 e. The van der Waals surface area contributed by atoms with Gasteiger partial charge in [-0.3, -0.25) is 9.59 Å². The second-order valence-electron chi connectivity index (χ2n) is 6.64. The van der Waals surface area contributed by atoms with Gasteiger partial charge in [0.15, 0.2) is 0 Å². The summed E-state index contributed by atoms with van der Waals surface area (Å²) in [6.45, 7) is 4.50. The van der Waals surface area contributed by atoms with Gasteiger partial charge in [0.25, 0.3) is 0 Å². The van der Waals surface area contributed by atoms with Crippen molar-refractivity contribution >= 4 is 24.2 Å². The van der Waals surface area contributed by atoms with Crippen LogP contribution in [-0.4, -0.2) is 74.6 Å². The Labute approximate surface area is 151 Å². The minimum absolute atomic E-state index is 0. The molecule has 0 aromatic rings. The molecule has 0 radical (unpaired) electrons. The predicted molar refractivity (Wildman–Crippen MR) is 96.3 cm³/mol. The summed E-state index contributed by atoms with van der Waals surface area (Å²) in [5.74, 6) is 0.990. The summed E-state index contributed by atoms with van der Waals surface area (Å²) >= 11 is 0. The third-order valence-electron chi connectivity index (χ3n) is 4.90. The molecule has 0 aromatic heterocycles. The number of amides is 2. The van der Waals surface area contributed by atoms with Gasteiger partial charge in [-0.05, 0) is 25.2 Å². The highest BCUT2D eigenvalue weighted by atomic mass is 35.5. The van der Waals surface area contributed by atoms with Gasteiger partial charge in [-0.2, -0.15) is 0 Å². The summed E-state index contributed by atoms with van der Waals surface area (Å²) in [7, 11) is 1.65. The van der Waals surface area contributed by atoms with E-state index in [1.807, 2.05) is 9.80 Å². The Morgan fingerprint density at radius 1 is 1.00 bits per heavy atom. The standard InChI is InChI=1S/C17H31N3O3.ClH/c1-23-12-7-18-14-17(22)20-9-4-8-19(10-11-20)16(21)13-15-5-2-3-6-15;/h15,18H,2-14H2,1H3;1H. The van der Waals surface area contributed by atoms with Gasteiger partial charge in [-0.15, -0.1) is 12.4 Å². The molecule has 0 unspecified atom stereocenters. The number of hydrogen-bond acceptors (Lipinski definition) is 4. The van der Waals surface area contributed by atoms with Crippen LogP contribution in [0.15, 0.2) is 0 Å². The fourth-order valence-electron chi connectivity index (χ4n) is 3.49. The molecule has 2 amide bonds. The maximum atomic E-state index is 12.4. The second-order valence-corrected chi connectivity index (χ2v) is 6.64. The number of ether oxygens (including phenoxy) is 1. The molecule has 1 aliphatic heterocycles. The average Bonchev–Trinajstić information content (AvgIpc) is 2.92. The van der Waals surface area contributed by atoms with E-state index in [0.29, 0.717) is 45.1 Å². The Bertz CT molecular complexity index is 389. The van der Waals surface area contributed by atoms with Crippen molar-refractivity contribution in [2.75, 3.05) is 53.0 Å². The summed E-state index contributed by atoms with van der Waals surface area (Å²) in [5, 5.41) is 3.09. The van der Waals surface area contributed by atoms with E-state index >= 15 is 0 Å². The number of carbonyl (C=O) groups excluding carboxylic acids is 2. The highest BCUT2D eigenvalue weighted by Gasteiger charge is 2.25. The zero-order valence-corrected chi connectivity index (χ0v) is 15.6. The monoisotopic (exact) mass is 361 g/mol. The van der Waals surface area contributed by atoms with Crippen LogP contribution in [-0.2, 0) is 14.3 Å². The van der Waals surface area contributed by atoms with Gasteiger partial charge in [0.2, 0.25) is 11.8 Å². The first-order chi connectivity index (χ1) is 11.2. The van der Waals surface area contributed by atoms with Gasteiger partial charge in [0, 0.05) is 46.3 Å². The van der Waals surface area contributed by atoms with Crippen molar-refractivity contribution < 1.29 is 14.3 Å². The van der Waals surface area contributed by atoms with Crippen molar-refractivity contribution in [2.24, 2.45) is 5.92 Å². The van der Waals surface area contributed by atoms with Crippen LogP contribution < -0.4 is 5.32 Å². The number of carbonyl (C=O) groups is 2. The van der Waals surface area contributed by atoms with Crippen LogP contribution in [0.1, 0.15) is 38.5 Å². The van der Waals surface area contributed by atoms with Crippen LogP contribution in [0.2, 0.25) is 0 Å². The van der Waals surface area contributed by atoms with E-state index in [4.69, 9.17) is 4.74 Å². The fourth-order valence-corrected chi connectivity index (χ4v) is 3.49. The molecule has 0 aromatic carbocycles. The maximum absolute atomic E-state index is 12.4. The fraction of sp³-hybridized carbons (Fsp3) is 0.882. The molecule has 1 aliphatic carbocycles. The first-order valence-electron chi connectivity index (χ1n) is 8.96. The highest BCUT2D eigenvalue weighted by Crippen LogP contribution is 2.28. The van der Waals surface area contributed by atoms with Crippen molar-refractivity contribution in [2.45, 2.75) is 38.5 Å². The van der Waals surface area contributed by atoms with E-state index in [0.717, 1.165) is 19.5 Å². The van der Waals surface area contributed by atoms with Crippen molar-refractivity contribution in [3.63, 3.8) is 0 Å². The molecule has 1 saturated carbocycles. The quantitative estimate of drug-likeness (QED) is 0.694. The van der Waals surface area contributed by atoms with Crippen molar-refractivity contribution in [1.82, 2.24) is 15.1 Å². The Hall–Kier alpha value is -0.850. The zero-order valence-electron chi connectivity index (χ0n) is 14.8. The number of nitrogens with zero attached hydrogens (tertiary/aromatic N) is 2. The molecule has 0 atom stereocenters. The number of methoxy groups -OCH3 is 1. The van der Waals surface area contributed by atoms with Gasteiger partial charge in [-0.1, -0.05) is 12.8 Å². The van der Waals surface area contributed by atoms with Gasteiger partial charge >= 0.3 is 0 Å². The van der Waals surface area contributed by atoms with E-state index in [-0.39, 0.29) is 24.2 Å². The molecule has 1 saturated heterocycles. The molecule has 140 valence electrons. The summed E-state index contributed by atoms with van der Waals surface area (Å²) in [5.41, 5.74) is 0. The normalized spacial score (nSPS) is 19.0. The van der Waals surface area contributed by atoms with Crippen molar-refractivity contribution in [3.8, 4) is 0 Å². The predicted octanol–water partition coefficient (Wildman–Crippen LogP) is 1.29. The third kappa shape index (κ3) is 6.95. The van der Waals surface area contributed by atoms with E-state index < -0.39 is 0 Å². The topological polar surface area (TPSA) is 61.9 Å². The smallest absolute Gasteiger partial charge is 0.236 e. The van der Waals surface area contributed by atoms with Crippen LogP contribution in [0.4, 0.5) is 0 Å². The van der Waals surface area contributed by atoms with Gasteiger partial charge in [0.05, 0.1) is 13.2 Å². The number of halogens is 1. The number of hydrogen-bond donors (Lipinski definition) is 1. The zero-order chi connectivity index (χ0) is 16.5. The third-order valence-corrected chi connectivity index (χ3v) is 4.90. The number of rotatable bonds is 7. The molecule has 6 nitrogen and oxygen atoms in total. The summed E-state index contributed by atoms with van der Waals surface area (Å²) in [4.78, 5) is 28.5. The van der Waals surface area contributed by atoms with Gasteiger partial charge in [-0.25, -0.2) is 0 Å². The lowest BCUT2D eigenvalue weighted by molar-refractivity contribution is -0.133. The van der Waals surface area contributed by atoms with E-state index in [2.05, 4.69) is 5.32 Å². The van der Waals surface area contributed by atoms with Crippen LogP contribution in [0, 0.1) is 5.92 Å². The highest BCUT2D eigenvalue weighted by molar-refractivity contribution is 5.85. The number of nitrogens with one attached hydrogen (secondary N) is 1. The molecule has 2 aliphatic rings. The summed E-state index contributed by atoms with van der Waals surface area (Å²) in [6, 6.07) is 0. The lowest BCUT2D eigenvalue weighted by Gasteiger charge is -2.23. The Kier molecular flexibility index (Phi) is 10.3. The molecule has 7 heteroatoms. The van der Waals surface area contributed by atoms with Crippen LogP contribution in [0.5, 0.6) is 0 Å². The van der Waals surface area contributed by atoms with E-state index in [9.17, 15) is 9.59 Å². The second kappa shape index (κ2) is 11.7. The van der Waals surface area contributed by atoms with Crippen LogP contribution in [0.3, 0.4) is 0 Å². The Balaban J connectivity index is 0.00000288. The lowest BCUT2D eigenvalue weighted by Crippen LogP contribution is -2.41. The Morgan fingerprint density at radius 2 is 1.62 bits per heavy atom. The average molecular weight is 362 g/mol. The van der Waals surface area contributed by atoms with Crippen LogP contribution in [0.25, 0.3) is 0 Å². The first-order valence-corrected chi connectivity index (χ1v) is 8.96. The van der Waals surface area contributed by atoms with E-state index in [1.54, 1.807) is 7.11 Å². The molecule has 1 N–H and O–H groups in total. The van der Waals surface area contributed by atoms with Gasteiger partial charge < -0.3 is 19.9 Å². The summed E-state index contributed by atoms with van der Waals surface area (Å²) in [6.07, 6.45) is 6.54. The minimum atomic E-state index is 0. The lowest BCUT2D eigenvalue weighted by atomic mass is 10.0. The molecule has 24 heavy (non-hydrogen) atoms. The van der Waals surface area contributed by atoms with E-state index in [1.165, 1.54) is 25.7 Å². The SMILES string of the molecule is COCCNCC(=O)N1CCCN(C(=O)CC2CCCC2)CC1.Cl. The largest absolute Gasteiger partial charge is 0.383 e. The van der Waals surface area contributed by atoms with Crippen molar-refractivity contribution in [3.05, 3.63) is 0 Å². The summed E-state index contributed by atoms with van der Waals surface area (Å²) < 4.78 is 4.95. The molecular formula is C17H32ClN3O3. The van der Waals surface area contributed by atoms with Crippen LogP contribution >= 0.6 is 12.4 Å². The maximum Gasteiger partial charge on any atom is 0.236 e. The molecule has 2 rings (SSSR count). The molecular weight excluding hydrogens is 330 g/mol. The molecule has 0 spiro atoms. The Morgan fingerprint density at radius 3 is 2.25 bits per heavy atom. The molecule has 1 heterocycles. The van der Waals surface area contributed by atoms with Gasteiger partial charge in [0.1, 0.15) is 0 Å². The molecule has 0 bridgehead atoms.